The second-order valence-corrected chi connectivity index (χ2v) is 8.35. The topological polar surface area (TPSA) is 55.4 Å². The molecule has 3 rings (SSSR count). The predicted octanol–water partition coefficient (Wildman–Crippen LogP) is 5.82. The van der Waals surface area contributed by atoms with Gasteiger partial charge in [-0.1, -0.05) is 30.3 Å². The van der Waals surface area contributed by atoms with Crippen LogP contribution in [0.15, 0.2) is 70.9 Å². The number of thioether (sulfide) groups is 1. The fourth-order valence-electron chi connectivity index (χ4n) is 2.77. The number of carbonyl (C=O) groups excluding carboxylic acids is 2. The normalized spacial score (nSPS) is 11.6. The van der Waals surface area contributed by atoms with E-state index < -0.39 is 0 Å². The summed E-state index contributed by atoms with van der Waals surface area (Å²) in [4.78, 5) is 26.0. The van der Waals surface area contributed by atoms with Crippen LogP contribution in [-0.2, 0) is 4.79 Å². The third kappa shape index (κ3) is 5.24. The van der Waals surface area contributed by atoms with Gasteiger partial charge in [-0.05, 0) is 41.3 Å². The van der Waals surface area contributed by atoms with E-state index in [9.17, 15) is 9.59 Å². The van der Waals surface area contributed by atoms with Crippen LogP contribution < -0.4 is 10.1 Å². The zero-order chi connectivity index (χ0) is 19.9. The van der Waals surface area contributed by atoms with E-state index in [4.69, 9.17) is 4.74 Å². The van der Waals surface area contributed by atoms with Gasteiger partial charge in [-0.15, -0.1) is 23.1 Å². The lowest BCUT2D eigenvalue weighted by molar-refractivity contribution is -0.114. The van der Waals surface area contributed by atoms with Gasteiger partial charge in [0, 0.05) is 23.5 Å². The molecule has 0 saturated carbocycles. The molecule has 1 aromatic heterocycles. The Bertz CT molecular complexity index is 937. The van der Waals surface area contributed by atoms with Crippen molar-refractivity contribution >= 4 is 40.5 Å². The summed E-state index contributed by atoms with van der Waals surface area (Å²) < 4.78 is 5.25. The number of hydrogen-bond donors (Lipinski definition) is 1. The first-order chi connectivity index (χ1) is 13.6. The summed E-state index contributed by atoms with van der Waals surface area (Å²) in [6.45, 7) is 1.49. The van der Waals surface area contributed by atoms with Crippen molar-refractivity contribution in [2.24, 2.45) is 0 Å². The Hall–Kier alpha value is -2.57. The Morgan fingerprint density at radius 3 is 2.46 bits per heavy atom. The minimum Gasteiger partial charge on any atom is -0.497 e. The zero-order valence-corrected chi connectivity index (χ0v) is 17.3. The zero-order valence-electron chi connectivity index (χ0n) is 15.7. The number of para-hydroxylation sites is 1. The lowest BCUT2D eigenvalue weighted by Gasteiger charge is -2.19. The second-order valence-electron chi connectivity index (χ2n) is 6.16. The maximum atomic E-state index is 12.8. The summed E-state index contributed by atoms with van der Waals surface area (Å²) in [6, 6.07) is 19.2. The molecule has 0 unspecified atom stereocenters. The Morgan fingerprint density at radius 2 is 1.82 bits per heavy atom. The average Bonchev–Trinajstić information content (AvgIpc) is 3.23. The summed E-state index contributed by atoms with van der Waals surface area (Å²) in [6.07, 6.45) is 0.367. The molecule has 1 N–H and O–H groups in total. The van der Waals surface area contributed by atoms with Crippen LogP contribution in [-0.4, -0.2) is 18.8 Å². The van der Waals surface area contributed by atoms with Gasteiger partial charge in [0.25, 0.3) is 0 Å². The van der Waals surface area contributed by atoms with E-state index >= 15 is 0 Å². The number of benzene rings is 2. The quantitative estimate of drug-likeness (QED) is 0.375. The molecule has 0 saturated heterocycles. The average molecular weight is 412 g/mol. The SMILES string of the molecule is COc1ccc([C@H](CC(=O)c2cccs2)Sc2ccccc2NC(C)=O)cc1. The predicted molar refractivity (Wildman–Crippen MR) is 116 cm³/mol. The van der Waals surface area contributed by atoms with Crippen molar-refractivity contribution in [1.29, 1.82) is 0 Å². The minimum absolute atomic E-state index is 0.0876. The number of anilines is 1. The lowest BCUT2D eigenvalue weighted by atomic mass is 10.1. The summed E-state index contributed by atoms with van der Waals surface area (Å²) in [5.74, 6) is 0.764. The van der Waals surface area contributed by atoms with Crippen molar-refractivity contribution in [2.75, 3.05) is 12.4 Å². The lowest BCUT2D eigenvalue weighted by Crippen LogP contribution is -2.08. The maximum absolute atomic E-state index is 12.8. The summed E-state index contributed by atoms with van der Waals surface area (Å²) in [5, 5.41) is 4.69. The van der Waals surface area contributed by atoms with E-state index in [-0.39, 0.29) is 16.9 Å². The molecule has 1 heterocycles. The number of amides is 1. The Labute approximate surface area is 172 Å². The van der Waals surface area contributed by atoms with Gasteiger partial charge in [0.2, 0.25) is 5.91 Å². The van der Waals surface area contributed by atoms with Crippen LogP contribution in [0.1, 0.15) is 33.8 Å². The smallest absolute Gasteiger partial charge is 0.221 e. The summed E-state index contributed by atoms with van der Waals surface area (Å²) >= 11 is 3.03. The van der Waals surface area contributed by atoms with E-state index in [0.717, 1.165) is 26.8 Å². The maximum Gasteiger partial charge on any atom is 0.221 e. The van der Waals surface area contributed by atoms with E-state index in [1.165, 1.54) is 18.3 Å². The molecule has 1 amide bonds. The van der Waals surface area contributed by atoms with Gasteiger partial charge in [0.1, 0.15) is 5.75 Å². The number of carbonyl (C=O) groups is 2. The Morgan fingerprint density at radius 1 is 1.07 bits per heavy atom. The van der Waals surface area contributed by atoms with Crippen LogP contribution in [0.4, 0.5) is 5.69 Å². The van der Waals surface area contributed by atoms with Crippen molar-refractivity contribution in [1.82, 2.24) is 0 Å². The van der Waals surface area contributed by atoms with Gasteiger partial charge < -0.3 is 10.1 Å². The summed E-state index contributed by atoms with van der Waals surface area (Å²) in [5.41, 5.74) is 1.79. The molecule has 0 bridgehead atoms. The van der Waals surface area contributed by atoms with Gasteiger partial charge in [-0.3, -0.25) is 9.59 Å². The molecule has 0 fully saturated rings. The number of thiophene rings is 1. The molecule has 0 aliphatic carbocycles. The highest BCUT2D eigenvalue weighted by atomic mass is 32.2. The van der Waals surface area contributed by atoms with Crippen molar-refractivity contribution < 1.29 is 14.3 Å². The van der Waals surface area contributed by atoms with Gasteiger partial charge in [0.05, 0.1) is 17.7 Å². The number of rotatable bonds is 8. The van der Waals surface area contributed by atoms with E-state index in [0.29, 0.717) is 6.42 Å². The number of Topliss-reactive ketones (excluding diaryl/α,β-unsaturated/α-hetero) is 1. The number of nitrogens with one attached hydrogen (secondary N) is 1. The second kappa shape index (κ2) is 9.57. The molecule has 144 valence electrons. The van der Waals surface area contributed by atoms with Crippen molar-refractivity contribution in [3.63, 3.8) is 0 Å². The molecular formula is C22H21NO3S2. The van der Waals surface area contributed by atoms with Gasteiger partial charge in [0.15, 0.2) is 5.78 Å². The van der Waals surface area contributed by atoms with Crippen molar-refractivity contribution in [3.05, 3.63) is 76.5 Å². The largest absolute Gasteiger partial charge is 0.497 e. The fraction of sp³-hybridized carbons (Fsp3) is 0.182. The highest BCUT2D eigenvalue weighted by molar-refractivity contribution is 7.99. The molecule has 6 heteroatoms. The summed E-state index contributed by atoms with van der Waals surface area (Å²) in [7, 11) is 1.63. The minimum atomic E-state index is -0.122. The van der Waals surface area contributed by atoms with Crippen molar-refractivity contribution in [2.45, 2.75) is 23.5 Å². The third-order valence-electron chi connectivity index (χ3n) is 4.12. The molecule has 4 nitrogen and oxygen atoms in total. The number of methoxy groups -OCH3 is 1. The van der Waals surface area contributed by atoms with Crippen LogP contribution in [0, 0.1) is 0 Å². The van der Waals surface area contributed by atoms with Crippen molar-refractivity contribution in [3.8, 4) is 5.75 Å². The molecule has 1 atom stereocenters. The Kier molecular flexibility index (Phi) is 6.90. The van der Waals surface area contributed by atoms with E-state index in [1.54, 1.807) is 18.9 Å². The van der Waals surface area contributed by atoms with E-state index in [1.807, 2.05) is 66.0 Å². The highest BCUT2D eigenvalue weighted by Gasteiger charge is 2.21. The number of ether oxygens (including phenoxy) is 1. The first-order valence-corrected chi connectivity index (χ1v) is 10.6. The molecule has 0 aliphatic rings. The van der Waals surface area contributed by atoms with Crippen LogP contribution in [0.25, 0.3) is 0 Å². The molecule has 0 aliphatic heterocycles. The highest BCUT2D eigenvalue weighted by Crippen LogP contribution is 2.42. The molecule has 2 aromatic carbocycles. The van der Waals surface area contributed by atoms with Crippen LogP contribution in [0.2, 0.25) is 0 Å². The monoisotopic (exact) mass is 411 g/mol. The van der Waals surface area contributed by atoms with Gasteiger partial charge >= 0.3 is 0 Å². The van der Waals surface area contributed by atoms with Crippen LogP contribution in [0.3, 0.4) is 0 Å². The Balaban J connectivity index is 1.89. The standard InChI is InChI=1S/C22H21NO3S2/c1-15(24)23-18-6-3-4-7-20(18)28-22(14-19(25)21-8-5-13-27-21)16-9-11-17(26-2)12-10-16/h3-13,22H,14H2,1-2H3,(H,23,24)/t22-/m0/s1. The number of hydrogen-bond acceptors (Lipinski definition) is 5. The van der Waals surface area contributed by atoms with E-state index in [2.05, 4.69) is 5.32 Å². The molecule has 0 radical (unpaired) electrons. The number of ketones is 1. The first-order valence-electron chi connectivity index (χ1n) is 8.80. The molecule has 0 spiro atoms. The molecule has 28 heavy (non-hydrogen) atoms. The molecule has 3 aromatic rings. The first kappa shape index (κ1) is 20.2. The molecular weight excluding hydrogens is 390 g/mol. The van der Waals surface area contributed by atoms with Crippen LogP contribution >= 0.6 is 23.1 Å². The van der Waals surface area contributed by atoms with Gasteiger partial charge in [-0.25, -0.2) is 0 Å². The van der Waals surface area contributed by atoms with Gasteiger partial charge in [-0.2, -0.15) is 0 Å². The van der Waals surface area contributed by atoms with Crippen LogP contribution in [0.5, 0.6) is 5.75 Å². The third-order valence-corrected chi connectivity index (χ3v) is 6.37. The fourth-order valence-corrected chi connectivity index (χ4v) is 4.68.